The number of amides is 1. The number of halogens is 1. The van der Waals surface area contributed by atoms with Crippen molar-refractivity contribution in [1.82, 2.24) is 4.98 Å². The lowest BCUT2D eigenvalue weighted by Crippen LogP contribution is -2.42. The second-order valence-electron chi connectivity index (χ2n) is 4.41. The molecule has 1 N–H and O–H groups in total. The largest absolute Gasteiger partial charge is 0.321 e. The van der Waals surface area contributed by atoms with Crippen LogP contribution in [0.25, 0.3) is 0 Å². The van der Waals surface area contributed by atoms with Gasteiger partial charge in [0, 0.05) is 6.20 Å². The van der Waals surface area contributed by atoms with Gasteiger partial charge in [-0.05, 0) is 30.3 Å². The number of rotatable bonds is 2. The van der Waals surface area contributed by atoms with Gasteiger partial charge in [-0.1, -0.05) is 0 Å². The third-order valence-electron chi connectivity index (χ3n) is 3.03. The number of nitrogens with zero attached hydrogens (tertiary/aromatic N) is 2. The summed E-state index contributed by atoms with van der Waals surface area (Å²) in [4.78, 5) is 15.4. The molecule has 6 nitrogen and oxygen atoms in total. The first-order chi connectivity index (χ1) is 9.98. The van der Waals surface area contributed by atoms with Crippen molar-refractivity contribution in [3.63, 3.8) is 0 Å². The molecule has 0 saturated carbocycles. The Morgan fingerprint density at radius 3 is 2.62 bits per heavy atom. The average Bonchev–Trinajstić information content (AvgIpc) is 2.46. The highest BCUT2D eigenvalue weighted by molar-refractivity contribution is 7.92. The molecule has 1 amide bonds. The number of aromatic nitrogens is 1. The van der Waals surface area contributed by atoms with Gasteiger partial charge in [0.15, 0.2) is 0 Å². The van der Waals surface area contributed by atoms with Gasteiger partial charge in [0.2, 0.25) is 5.91 Å². The minimum atomic E-state index is -3.95. The lowest BCUT2D eigenvalue weighted by molar-refractivity contribution is -0.115. The fourth-order valence-corrected chi connectivity index (χ4v) is 3.49. The Hall–Kier alpha value is -2.48. The van der Waals surface area contributed by atoms with Gasteiger partial charge < -0.3 is 5.32 Å². The Balaban J connectivity index is 2.11. The summed E-state index contributed by atoms with van der Waals surface area (Å²) in [5.74, 6) is -0.990. The van der Waals surface area contributed by atoms with Gasteiger partial charge in [-0.3, -0.25) is 14.1 Å². The monoisotopic (exact) mass is 307 g/mol. The van der Waals surface area contributed by atoms with Crippen LogP contribution >= 0.6 is 0 Å². The number of benzene rings is 1. The van der Waals surface area contributed by atoms with E-state index in [0.717, 1.165) is 28.6 Å². The van der Waals surface area contributed by atoms with Gasteiger partial charge in [-0.2, -0.15) is 0 Å². The van der Waals surface area contributed by atoms with E-state index in [1.807, 2.05) is 0 Å². The van der Waals surface area contributed by atoms with E-state index in [4.69, 9.17) is 0 Å². The van der Waals surface area contributed by atoms with E-state index in [0.29, 0.717) is 11.4 Å². The maximum Gasteiger partial charge on any atom is 0.264 e. The summed E-state index contributed by atoms with van der Waals surface area (Å²) in [6.45, 7) is -0.337. The smallest absolute Gasteiger partial charge is 0.264 e. The van der Waals surface area contributed by atoms with E-state index in [2.05, 4.69) is 10.3 Å². The molecule has 0 spiro atoms. The Morgan fingerprint density at radius 2 is 1.90 bits per heavy atom. The third-order valence-corrected chi connectivity index (χ3v) is 4.80. The number of nitrogens with one attached hydrogen (secondary N) is 1. The summed E-state index contributed by atoms with van der Waals surface area (Å²) >= 11 is 0. The molecule has 3 rings (SSSR count). The summed E-state index contributed by atoms with van der Waals surface area (Å²) in [6, 6.07) is 5.95. The van der Waals surface area contributed by atoms with E-state index in [-0.39, 0.29) is 11.4 Å². The van der Waals surface area contributed by atoms with Crippen LogP contribution in [0, 0.1) is 5.82 Å². The highest BCUT2D eigenvalue weighted by Gasteiger charge is 2.32. The number of hydrogen-bond acceptors (Lipinski definition) is 4. The van der Waals surface area contributed by atoms with Crippen molar-refractivity contribution in [2.45, 2.75) is 4.90 Å². The summed E-state index contributed by atoms with van der Waals surface area (Å²) < 4.78 is 39.1. The van der Waals surface area contributed by atoms with E-state index < -0.39 is 21.7 Å². The number of carbonyl (C=O) groups is 1. The molecule has 1 aliphatic rings. The predicted octanol–water partition coefficient (Wildman–Crippen LogP) is 1.37. The van der Waals surface area contributed by atoms with Crippen LogP contribution in [0.5, 0.6) is 0 Å². The first-order valence-corrected chi connectivity index (χ1v) is 7.45. The molecule has 0 bridgehead atoms. The van der Waals surface area contributed by atoms with E-state index >= 15 is 0 Å². The summed E-state index contributed by atoms with van der Waals surface area (Å²) in [5, 5.41) is 2.55. The van der Waals surface area contributed by atoms with Crippen molar-refractivity contribution in [1.29, 1.82) is 0 Å². The number of hydrogen-bond donors (Lipinski definition) is 1. The molecule has 0 radical (unpaired) electrons. The first-order valence-electron chi connectivity index (χ1n) is 6.00. The second-order valence-corrected chi connectivity index (χ2v) is 6.27. The van der Waals surface area contributed by atoms with Gasteiger partial charge in [-0.15, -0.1) is 0 Å². The molecule has 0 unspecified atom stereocenters. The molecule has 8 heteroatoms. The zero-order chi connectivity index (χ0) is 15.0. The maximum absolute atomic E-state index is 12.9. The van der Waals surface area contributed by atoms with Crippen molar-refractivity contribution < 1.29 is 17.6 Å². The number of pyridine rings is 1. The molecule has 0 atom stereocenters. The Bertz CT molecular complexity index is 806. The van der Waals surface area contributed by atoms with Crippen LogP contribution in [0.1, 0.15) is 0 Å². The molecule has 2 heterocycles. The van der Waals surface area contributed by atoms with Gasteiger partial charge in [0.05, 0.1) is 22.5 Å². The molecule has 108 valence electrons. The molecule has 1 aromatic heterocycles. The van der Waals surface area contributed by atoms with Gasteiger partial charge in [-0.25, -0.2) is 12.8 Å². The average molecular weight is 307 g/mol. The van der Waals surface area contributed by atoms with E-state index in [1.165, 1.54) is 18.5 Å². The second kappa shape index (κ2) is 4.81. The Morgan fingerprint density at radius 1 is 1.19 bits per heavy atom. The Labute approximate surface area is 120 Å². The normalized spacial score (nSPS) is 14.5. The highest BCUT2D eigenvalue weighted by atomic mass is 32.2. The van der Waals surface area contributed by atoms with Gasteiger partial charge >= 0.3 is 0 Å². The zero-order valence-electron chi connectivity index (χ0n) is 10.7. The van der Waals surface area contributed by atoms with Crippen molar-refractivity contribution in [3.8, 4) is 0 Å². The molecule has 0 aliphatic carbocycles. The minimum absolute atomic E-state index is 0.0821. The fraction of sp³-hybridized carbons (Fsp3) is 0.0769. The molecule has 2 aromatic rings. The quantitative estimate of drug-likeness (QED) is 0.908. The van der Waals surface area contributed by atoms with Crippen molar-refractivity contribution in [3.05, 3.63) is 48.5 Å². The SMILES string of the molecule is O=C1CN(S(=O)(=O)c2ccc(F)cc2)c2ccncc2N1. The van der Waals surface area contributed by atoms with E-state index in [1.54, 1.807) is 0 Å². The van der Waals surface area contributed by atoms with Crippen molar-refractivity contribution in [2.24, 2.45) is 0 Å². The lowest BCUT2D eigenvalue weighted by Gasteiger charge is -2.29. The number of anilines is 2. The topological polar surface area (TPSA) is 79.4 Å². The highest BCUT2D eigenvalue weighted by Crippen LogP contribution is 2.32. The predicted molar refractivity (Wildman–Crippen MR) is 73.8 cm³/mol. The number of fused-ring (bicyclic) bond motifs is 1. The molecule has 0 fully saturated rings. The lowest BCUT2D eigenvalue weighted by atomic mass is 10.3. The van der Waals surface area contributed by atoms with Crippen molar-refractivity contribution in [2.75, 3.05) is 16.2 Å². The van der Waals surface area contributed by atoms with Crippen LogP contribution in [0.2, 0.25) is 0 Å². The number of sulfonamides is 1. The standard InChI is InChI=1S/C13H10FN3O3S/c14-9-1-3-10(4-2-9)21(19,20)17-8-13(18)16-11-7-15-6-5-12(11)17/h1-7H,8H2,(H,16,18). The van der Waals surface area contributed by atoms with Crippen LogP contribution in [0.4, 0.5) is 15.8 Å². The molecule has 21 heavy (non-hydrogen) atoms. The molecule has 1 aliphatic heterocycles. The number of carbonyl (C=O) groups excluding carboxylic acids is 1. The van der Waals surface area contributed by atoms with Crippen LogP contribution < -0.4 is 9.62 Å². The zero-order valence-corrected chi connectivity index (χ0v) is 11.5. The van der Waals surface area contributed by atoms with Crippen molar-refractivity contribution >= 4 is 27.3 Å². The minimum Gasteiger partial charge on any atom is -0.321 e. The third kappa shape index (κ3) is 2.33. The summed E-state index contributed by atoms with van der Waals surface area (Å²) in [5.41, 5.74) is 0.647. The molecule has 0 saturated heterocycles. The van der Waals surface area contributed by atoms with Crippen LogP contribution in [0.3, 0.4) is 0 Å². The summed E-state index contributed by atoms with van der Waals surface area (Å²) in [7, 11) is -3.95. The summed E-state index contributed by atoms with van der Waals surface area (Å²) in [6.07, 6.45) is 2.81. The van der Waals surface area contributed by atoms with Gasteiger partial charge in [0.25, 0.3) is 10.0 Å². The van der Waals surface area contributed by atoms with Gasteiger partial charge in [0.1, 0.15) is 12.4 Å². The Kier molecular flexibility index (Phi) is 3.09. The fourth-order valence-electron chi connectivity index (χ4n) is 2.05. The molecule has 1 aromatic carbocycles. The van der Waals surface area contributed by atoms with Crippen LogP contribution in [-0.2, 0) is 14.8 Å². The van der Waals surface area contributed by atoms with E-state index in [9.17, 15) is 17.6 Å². The first kappa shape index (κ1) is 13.5. The van der Waals surface area contributed by atoms with Crippen LogP contribution in [-0.4, -0.2) is 25.9 Å². The van der Waals surface area contributed by atoms with Crippen LogP contribution in [0.15, 0.2) is 47.6 Å². The maximum atomic E-state index is 12.9. The molecular weight excluding hydrogens is 297 g/mol. The molecular formula is C13H10FN3O3S.